The van der Waals surface area contributed by atoms with Crippen LogP contribution in [0.1, 0.15) is 23.6 Å². The lowest BCUT2D eigenvalue weighted by molar-refractivity contribution is -0.136. The smallest absolute Gasteiger partial charge is 0.316 e. The Bertz CT molecular complexity index is 441. The lowest BCUT2D eigenvalue weighted by Crippen LogP contribution is -2.11. The number of ether oxygens (including phenoxy) is 1. The Morgan fingerprint density at radius 2 is 1.94 bits per heavy atom. The standard InChI is InChI=1S/C13H18O3S/c1-7-6-11(17-10(4)13(14)15)8(2)9(3)12(7)16-5/h6,10H,1-5H3,(H,14,15). The largest absolute Gasteiger partial charge is 0.496 e. The SMILES string of the molecule is COc1c(C)cc(SC(C)C(=O)O)c(C)c1C. The van der Waals surface area contributed by atoms with Gasteiger partial charge in [-0.1, -0.05) is 0 Å². The molecule has 0 bridgehead atoms. The minimum atomic E-state index is -0.791. The fourth-order valence-electron chi connectivity index (χ4n) is 1.70. The molecule has 0 fully saturated rings. The maximum absolute atomic E-state index is 10.9. The predicted octanol–water partition coefficient (Wildman–Crippen LogP) is 3.19. The summed E-state index contributed by atoms with van der Waals surface area (Å²) in [6.07, 6.45) is 0. The van der Waals surface area contributed by atoms with Crippen LogP contribution < -0.4 is 4.74 Å². The highest BCUT2D eigenvalue weighted by Gasteiger charge is 2.17. The maximum Gasteiger partial charge on any atom is 0.316 e. The van der Waals surface area contributed by atoms with Crippen molar-refractivity contribution in [2.75, 3.05) is 7.11 Å². The number of carbonyl (C=O) groups is 1. The number of aryl methyl sites for hydroxylation is 1. The van der Waals surface area contributed by atoms with Gasteiger partial charge in [0.15, 0.2) is 0 Å². The first kappa shape index (κ1) is 13.9. The summed E-state index contributed by atoms with van der Waals surface area (Å²) in [5.41, 5.74) is 3.20. The molecule has 0 aliphatic carbocycles. The molecule has 94 valence electrons. The lowest BCUT2D eigenvalue weighted by Gasteiger charge is -2.16. The second-order valence-electron chi connectivity index (χ2n) is 4.07. The molecule has 0 heterocycles. The molecule has 1 unspecified atom stereocenters. The Hall–Kier alpha value is -1.16. The highest BCUT2D eigenvalue weighted by atomic mass is 32.2. The van der Waals surface area contributed by atoms with Gasteiger partial charge in [0.05, 0.1) is 7.11 Å². The molecule has 0 radical (unpaired) electrons. The van der Waals surface area contributed by atoms with Crippen molar-refractivity contribution in [3.8, 4) is 5.75 Å². The molecule has 0 aliphatic heterocycles. The van der Waals surface area contributed by atoms with Gasteiger partial charge in [-0.3, -0.25) is 4.79 Å². The number of hydrogen-bond donors (Lipinski definition) is 1. The molecule has 3 nitrogen and oxygen atoms in total. The Balaban J connectivity index is 3.15. The molecule has 0 aliphatic rings. The highest BCUT2D eigenvalue weighted by Crippen LogP contribution is 2.35. The van der Waals surface area contributed by atoms with E-state index in [0.717, 1.165) is 27.3 Å². The van der Waals surface area contributed by atoms with Crippen LogP contribution in [0.25, 0.3) is 0 Å². The normalized spacial score (nSPS) is 12.3. The van der Waals surface area contributed by atoms with E-state index in [9.17, 15) is 4.79 Å². The Labute approximate surface area is 106 Å². The monoisotopic (exact) mass is 254 g/mol. The Kier molecular flexibility index (Phi) is 4.46. The van der Waals surface area contributed by atoms with Crippen molar-refractivity contribution in [2.24, 2.45) is 0 Å². The van der Waals surface area contributed by atoms with Gasteiger partial charge in [0.1, 0.15) is 11.0 Å². The highest BCUT2D eigenvalue weighted by molar-refractivity contribution is 8.00. The van der Waals surface area contributed by atoms with Crippen LogP contribution in [0.5, 0.6) is 5.75 Å². The molecule has 1 aromatic rings. The topological polar surface area (TPSA) is 46.5 Å². The maximum atomic E-state index is 10.9. The first-order valence-corrected chi connectivity index (χ1v) is 6.30. The van der Waals surface area contributed by atoms with E-state index in [1.807, 2.05) is 26.8 Å². The number of rotatable bonds is 4. The van der Waals surface area contributed by atoms with Gasteiger partial charge < -0.3 is 9.84 Å². The van der Waals surface area contributed by atoms with Crippen LogP contribution in [0.3, 0.4) is 0 Å². The quantitative estimate of drug-likeness (QED) is 0.838. The number of aliphatic carboxylic acids is 1. The minimum Gasteiger partial charge on any atom is -0.496 e. The van der Waals surface area contributed by atoms with Gasteiger partial charge in [0, 0.05) is 4.90 Å². The summed E-state index contributed by atoms with van der Waals surface area (Å²) in [7, 11) is 1.65. The van der Waals surface area contributed by atoms with Crippen LogP contribution in [0.15, 0.2) is 11.0 Å². The molecule has 4 heteroatoms. The number of carboxylic acid groups (broad SMARTS) is 1. The van der Waals surface area contributed by atoms with Gasteiger partial charge in [0.25, 0.3) is 0 Å². The average molecular weight is 254 g/mol. The van der Waals surface area contributed by atoms with E-state index in [-0.39, 0.29) is 0 Å². The van der Waals surface area contributed by atoms with Crippen molar-refractivity contribution in [1.82, 2.24) is 0 Å². The van der Waals surface area contributed by atoms with Gasteiger partial charge in [0.2, 0.25) is 0 Å². The summed E-state index contributed by atoms with van der Waals surface area (Å²) in [6.45, 7) is 7.66. The molecule has 1 atom stereocenters. The number of carboxylic acids is 1. The molecule has 17 heavy (non-hydrogen) atoms. The van der Waals surface area contributed by atoms with Crippen molar-refractivity contribution in [3.63, 3.8) is 0 Å². The van der Waals surface area contributed by atoms with E-state index in [4.69, 9.17) is 9.84 Å². The summed E-state index contributed by atoms with van der Waals surface area (Å²) < 4.78 is 5.34. The van der Waals surface area contributed by atoms with Crippen molar-refractivity contribution in [1.29, 1.82) is 0 Å². The van der Waals surface area contributed by atoms with Crippen LogP contribution in [-0.2, 0) is 4.79 Å². The van der Waals surface area contributed by atoms with Gasteiger partial charge in [-0.05, 0) is 50.5 Å². The fourth-order valence-corrected chi connectivity index (χ4v) is 2.76. The van der Waals surface area contributed by atoms with E-state index < -0.39 is 11.2 Å². The number of thioether (sulfide) groups is 1. The van der Waals surface area contributed by atoms with Gasteiger partial charge >= 0.3 is 5.97 Å². The summed E-state index contributed by atoms with van der Waals surface area (Å²) in [6, 6.07) is 1.99. The van der Waals surface area contributed by atoms with Crippen LogP contribution in [0, 0.1) is 20.8 Å². The third-order valence-electron chi connectivity index (χ3n) is 2.83. The molecule has 0 spiro atoms. The van der Waals surface area contributed by atoms with Crippen LogP contribution >= 0.6 is 11.8 Å². The third-order valence-corrected chi connectivity index (χ3v) is 4.07. The van der Waals surface area contributed by atoms with Crippen LogP contribution in [-0.4, -0.2) is 23.4 Å². The first-order valence-electron chi connectivity index (χ1n) is 5.42. The van der Waals surface area contributed by atoms with Gasteiger partial charge in [-0.15, -0.1) is 11.8 Å². The predicted molar refractivity (Wildman–Crippen MR) is 70.2 cm³/mol. The van der Waals surface area contributed by atoms with Crippen molar-refractivity contribution in [2.45, 2.75) is 37.8 Å². The summed E-state index contributed by atoms with van der Waals surface area (Å²) in [5, 5.41) is 8.48. The molecule has 1 aromatic carbocycles. The summed E-state index contributed by atoms with van der Waals surface area (Å²) in [5.74, 6) is 0.0929. The Morgan fingerprint density at radius 3 is 2.41 bits per heavy atom. The third kappa shape index (κ3) is 2.94. The van der Waals surface area contributed by atoms with Crippen molar-refractivity contribution >= 4 is 17.7 Å². The second kappa shape index (κ2) is 5.45. The van der Waals surface area contributed by atoms with E-state index in [0.29, 0.717) is 0 Å². The molecule has 1 rings (SSSR count). The minimum absolute atomic E-state index is 0.444. The van der Waals surface area contributed by atoms with E-state index in [1.165, 1.54) is 11.8 Å². The second-order valence-corrected chi connectivity index (χ2v) is 5.46. The van der Waals surface area contributed by atoms with Gasteiger partial charge in [-0.2, -0.15) is 0 Å². The molecule has 0 aromatic heterocycles. The number of hydrogen-bond acceptors (Lipinski definition) is 3. The number of methoxy groups -OCH3 is 1. The zero-order valence-corrected chi connectivity index (χ0v) is 11.6. The zero-order chi connectivity index (χ0) is 13.2. The zero-order valence-electron chi connectivity index (χ0n) is 10.8. The molecular formula is C13H18O3S. The first-order chi connectivity index (χ1) is 7.88. The van der Waals surface area contributed by atoms with E-state index in [1.54, 1.807) is 14.0 Å². The average Bonchev–Trinajstić information content (AvgIpc) is 2.26. The van der Waals surface area contributed by atoms with Crippen molar-refractivity contribution < 1.29 is 14.6 Å². The van der Waals surface area contributed by atoms with E-state index in [2.05, 4.69) is 0 Å². The van der Waals surface area contributed by atoms with Crippen LogP contribution in [0.2, 0.25) is 0 Å². The van der Waals surface area contributed by atoms with Crippen molar-refractivity contribution in [3.05, 3.63) is 22.8 Å². The molecule has 0 amide bonds. The lowest BCUT2D eigenvalue weighted by atomic mass is 10.1. The molecular weight excluding hydrogens is 236 g/mol. The van der Waals surface area contributed by atoms with E-state index >= 15 is 0 Å². The summed E-state index contributed by atoms with van der Waals surface area (Å²) in [4.78, 5) is 11.9. The molecule has 0 saturated carbocycles. The van der Waals surface area contributed by atoms with Gasteiger partial charge in [-0.25, -0.2) is 0 Å². The van der Waals surface area contributed by atoms with Crippen LogP contribution in [0.4, 0.5) is 0 Å². The summed E-state index contributed by atoms with van der Waals surface area (Å²) >= 11 is 1.37. The molecule has 1 N–H and O–H groups in total. The fraction of sp³-hybridized carbons (Fsp3) is 0.462. The number of benzene rings is 1. The Morgan fingerprint density at radius 1 is 1.35 bits per heavy atom. The molecule has 0 saturated heterocycles.